The van der Waals surface area contributed by atoms with Crippen LogP contribution in [0.15, 0.2) is 51.7 Å². The summed E-state index contributed by atoms with van der Waals surface area (Å²) in [6, 6.07) is 8.46. The summed E-state index contributed by atoms with van der Waals surface area (Å²) in [5.41, 5.74) is 1.17. The summed E-state index contributed by atoms with van der Waals surface area (Å²) in [6.45, 7) is 2.03. The number of anilines is 1. The van der Waals surface area contributed by atoms with Gasteiger partial charge in [0.05, 0.1) is 11.0 Å². The highest BCUT2D eigenvalue weighted by atomic mass is 79.9. The number of amides is 1. The first-order valence-electron chi connectivity index (χ1n) is 7.90. The van der Waals surface area contributed by atoms with Crippen LogP contribution in [0.1, 0.15) is 29.0 Å². The molecule has 8 nitrogen and oxygen atoms in total. The fourth-order valence-corrected chi connectivity index (χ4v) is 2.98. The highest BCUT2D eigenvalue weighted by Gasteiger charge is 2.18. The maximum Gasteiger partial charge on any atom is 0.328 e. The smallest absolute Gasteiger partial charge is 0.328 e. The van der Waals surface area contributed by atoms with Crippen molar-refractivity contribution in [2.24, 2.45) is 0 Å². The van der Waals surface area contributed by atoms with Gasteiger partial charge in [0.2, 0.25) is 0 Å². The molecule has 2 N–H and O–H groups in total. The second-order valence-corrected chi connectivity index (χ2v) is 7.57. The van der Waals surface area contributed by atoms with Crippen molar-refractivity contribution in [1.29, 1.82) is 0 Å². The van der Waals surface area contributed by atoms with E-state index in [2.05, 4.69) is 47.4 Å². The van der Waals surface area contributed by atoms with Gasteiger partial charge in [0.25, 0.3) is 5.91 Å². The third-order valence-electron chi connectivity index (χ3n) is 3.80. The van der Waals surface area contributed by atoms with Crippen molar-refractivity contribution in [3.05, 3.63) is 62.9 Å². The number of halogens is 2. The van der Waals surface area contributed by atoms with Crippen molar-refractivity contribution in [2.75, 3.05) is 5.32 Å². The van der Waals surface area contributed by atoms with Gasteiger partial charge in [-0.05, 0) is 46.6 Å². The van der Waals surface area contributed by atoms with Crippen molar-refractivity contribution in [1.82, 2.24) is 19.6 Å². The zero-order chi connectivity index (χ0) is 19.6. The second-order valence-electron chi connectivity index (χ2n) is 5.80. The van der Waals surface area contributed by atoms with Crippen molar-refractivity contribution in [3.63, 3.8) is 0 Å². The molecule has 10 heteroatoms. The van der Waals surface area contributed by atoms with E-state index in [0.717, 1.165) is 10.0 Å². The lowest BCUT2D eigenvalue weighted by Crippen LogP contribution is -2.18. The Hall–Kier alpha value is -2.46. The molecule has 0 bridgehead atoms. The average molecular weight is 497 g/mol. The van der Waals surface area contributed by atoms with Gasteiger partial charge in [0, 0.05) is 16.9 Å². The van der Waals surface area contributed by atoms with E-state index in [1.807, 2.05) is 24.3 Å². The van der Waals surface area contributed by atoms with Crippen molar-refractivity contribution >= 4 is 49.6 Å². The fraction of sp³-hybridized carbons (Fsp3) is 0.176. The van der Waals surface area contributed by atoms with E-state index >= 15 is 0 Å². The van der Waals surface area contributed by atoms with Crippen LogP contribution < -0.4 is 5.32 Å². The standard InChI is InChI=1S/C17H15Br2N5O3/c1-10(17(26)27)24-7-6-14(21-24)16(25)20-15-13(19)9-23(22-15)8-11-2-4-12(18)5-3-11/h2-7,9-10H,8H2,1H3,(H,26,27)(H,20,22,25). The SMILES string of the molecule is CC(C(=O)O)n1ccc(C(=O)Nc2nn(Cc3ccc(Br)cc3)cc2Br)n1. The molecule has 1 aromatic carbocycles. The maximum absolute atomic E-state index is 12.4. The molecule has 0 aliphatic rings. The molecule has 0 aliphatic carbocycles. The van der Waals surface area contributed by atoms with Gasteiger partial charge >= 0.3 is 5.97 Å². The van der Waals surface area contributed by atoms with Gasteiger partial charge in [-0.15, -0.1) is 0 Å². The predicted molar refractivity (Wildman–Crippen MR) is 106 cm³/mol. The minimum absolute atomic E-state index is 0.109. The number of aliphatic carboxylic acids is 1. The number of aromatic nitrogens is 4. The van der Waals surface area contributed by atoms with Crippen LogP contribution >= 0.6 is 31.9 Å². The molecular formula is C17H15Br2N5O3. The van der Waals surface area contributed by atoms with E-state index < -0.39 is 17.9 Å². The highest BCUT2D eigenvalue weighted by molar-refractivity contribution is 9.10. The van der Waals surface area contributed by atoms with Gasteiger partial charge in [-0.3, -0.25) is 14.2 Å². The highest BCUT2D eigenvalue weighted by Crippen LogP contribution is 2.22. The molecule has 3 aromatic rings. The number of carboxylic acid groups (broad SMARTS) is 1. The molecule has 2 heterocycles. The van der Waals surface area contributed by atoms with Gasteiger partial charge in [0.15, 0.2) is 11.5 Å². The summed E-state index contributed by atoms with van der Waals surface area (Å²) < 4.78 is 4.55. The minimum Gasteiger partial charge on any atom is -0.480 e. The van der Waals surface area contributed by atoms with Crippen LogP contribution in [0, 0.1) is 0 Å². The Morgan fingerprint density at radius 2 is 1.89 bits per heavy atom. The van der Waals surface area contributed by atoms with E-state index in [1.165, 1.54) is 23.9 Å². The predicted octanol–water partition coefficient (Wildman–Crippen LogP) is 3.55. The normalized spacial score (nSPS) is 12.0. The number of carbonyl (C=O) groups excluding carboxylic acids is 1. The lowest BCUT2D eigenvalue weighted by Gasteiger charge is -2.05. The number of hydrogen-bond acceptors (Lipinski definition) is 4. The van der Waals surface area contributed by atoms with Crippen LogP contribution in [-0.2, 0) is 11.3 Å². The Balaban J connectivity index is 1.70. The van der Waals surface area contributed by atoms with E-state index in [9.17, 15) is 9.59 Å². The molecule has 0 aliphatic heterocycles. The van der Waals surface area contributed by atoms with E-state index in [-0.39, 0.29) is 5.69 Å². The topological polar surface area (TPSA) is 102 Å². The molecule has 140 valence electrons. The summed E-state index contributed by atoms with van der Waals surface area (Å²) in [5.74, 6) is -1.14. The number of nitrogens with one attached hydrogen (secondary N) is 1. The first-order valence-corrected chi connectivity index (χ1v) is 9.49. The molecule has 1 amide bonds. The van der Waals surface area contributed by atoms with Crippen molar-refractivity contribution < 1.29 is 14.7 Å². The van der Waals surface area contributed by atoms with Crippen LogP contribution in [-0.4, -0.2) is 36.5 Å². The quantitative estimate of drug-likeness (QED) is 0.543. The molecule has 0 saturated heterocycles. The first kappa shape index (κ1) is 19.3. The number of carboxylic acids is 1. The molecule has 1 atom stereocenters. The zero-order valence-corrected chi connectivity index (χ0v) is 17.3. The molecule has 0 fully saturated rings. The average Bonchev–Trinajstić information content (AvgIpc) is 3.24. The molecule has 27 heavy (non-hydrogen) atoms. The zero-order valence-electron chi connectivity index (χ0n) is 14.1. The third-order valence-corrected chi connectivity index (χ3v) is 4.91. The van der Waals surface area contributed by atoms with Crippen molar-refractivity contribution in [3.8, 4) is 0 Å². The molecule has 0 radical (unpaired) electrons. The molecule has 0 saturated carbocycles. The summed E-state index contributed by atoms with van der Waals surface area (Å²) in [6.07, 6.45) is 3.22. The summed E-state index contributed by atoms with van der Waals surface area (Å²) >= 11 is 6.78. The Bertz CT molecular complexity index is 981. The number of hydrogen-bond donors (Lipinski definition) is 2. The number of nitrogens with zero attached hydrogens (tertiary/aromatic N) is 4. The largest absolute Gasteiger partial charge is 0.480 e. The molecular weight excluding hydrogens is 482 g/mol. The third kappa shape index (κ3) is 4.64. The van der Waals surface area contributed by atoms with E-state index in [0.29, 0.717) is 16.8 Å². The van der Waals surface area contributed by atoms with Gasteiger partial charge in [-0.25, -0.2) is 4.79 Å². The monoisotopic (exact) mass is 495 g/mol. The minimum atomic E-state index is -1.03. The number of rotatable bonds is 6. The Morgan fingerprint density at radius 1 is 1.19 bits per heavy atom. The lowest BCUT2D eigenvalue weighted by molar-refractivity contribution is -0.140. The second kappa shape index (κ2) is 8.05. The maximum atomic E-state index is 12.4. The van der Waals surface area contributed by atoms with Crippen LogP contribution in [0.2, 0.25) is 0 Å². The van der Waals surface area contributed by atoms with Crippen molar-refractivity contribution in [2.45, 2.75) is 19.5 Å². The van der Waals surface area contributed by atoms with Gasteiger partial charge in [0.1, 0.15) is 6.04 Å². The number of carbonyl (C=O) groups is 2. The molecule has 3 rings (SSSR count). The fourth-order valence-electron chi connectivity index (χ4n) is 2.30. The van der Waals surface area contributed by atoms with E-state index in [1.54, 1.807) is 10.9 Å². The van der Waals surface area contributed by atoms with Gasteiger partial charge in [-0.2, -0.15) is 10.2 Å². The summed E-state index contributed by atoms with van der Waals surface area (Å²) in [7, 11) is 0. The number of benzene rings is 1. The Morgan fingerprint density at radius 3 is 2.56 bits per heavy atom. The Kier molecular flexibility index (Phi) is 5.76. The summed E-state index contributed by atoms with van der Waals surface area (Å²) in [4.78, 5) is 23.4. The van der Waals surface area contributed by atoms with Crippen LogP contribution in [0.25, 0.3) is 0 Å². The van der Waals surface area contributed by atoms with Gasteiger partial charge < -0.3 is 10.4 Å². The lowest BCUT2D eigenvalue weighted by atomic mass is 10.2. The molecule has 2 aromatic heterocycles. The van der Waals surface area contributed by atoms with Gasteiger partial charge in [-0.1, -0.05) is 28.1 Å². The van der Waals surface area contributed by atoms with E-state index in [4.69, 9.17) is 5.11 Å². The Labute approximate surface area is 171 Å². The van der Waals surface area contributed by atoms with Crippen LogP contribution in [0.5, 0.6) is 0 Å². The summed E-state index contributed by atoms with van der Waals surface area (Å²) in [5, 5.41) is 20.1. The first-order chi connectivity index (χ1) is 12.8. The van der Waals surface area contributed by atoms with Crippen LogP contribution in [0.4, 0.5) is 5.82 Å². The molecule has 1 unspecified atom stereocenters. The van der Waals surface area contributed by atoms with Crippen LogP contribution in [0.3, 0.4) is 0 Å². The molecule has 0 spiro atoms.